The van der Waals surface area contributed by atoms with E-state index in [-0.39, 0.29) is 11.5 Å². The molecule has 0 bridgehead atoms. The number of allylic oxidation sites excluding steroid dienone is 3. The van der Waals surface area contributed by atoms with Gasteiger partial charge in [-0.2, -0.15) is 0 Å². The Morgan fingerprint density at radius 3 is 2.08 bits per heavy atom. The first-order valence-corrected chi connectivity index (χ1v) is 3.98. The maximum Gasteiger partial charge on any atom is 0.201 e. The Balaban J connectivity index is 0. The molecule has 0 heterocycles. The summed E-state index contributed by atoms with van der Waals surface area (Å²) in [6.07, 6.45) is 4.98. The minimum atomic E-state index is -0.375. The van der Waals surface area contributed by atoms with Crippen LogP contribution in [0, 0.1) is 10.1 Å². The predicted molar refractivity (Wildman–Crippen MR) is 51.8 cm³/mol. The van der Waals surface area contributed by atoms with Crippen molar-refractivity contribution in [2.24, 2.45) is 0 Å². The maximum atomic E-state index is 9.17. The van der Waals surface area contributed by atoms with Crippen LogP contribution < -0.4 is 0 Å². The SMILES string of the molecule is C=C/C=C(/C)CC.CC[N+](=O)[O-]. The van der Waals surface area contributed by atoms with Gasteiger partial charge in [0.2, 0.25) is 6.54 Å². The second-order valence-electron chi connectivity index (χ2n) is 2.25. The number of nitro groups is 1. The van der Waals surface area contributed by atoms with E-state index in [0.717, 1.165) is 6.42 Å². The quantitative estimate of drug-likeness (QED) is 0.372. The molecule has 0 aromatic heterocycles. The lowest BCUT2D eigenvalue weighted by Crippen LogP contribution is -1.92. The zero-order valence-corrected chi connectivity index (χ0v) is 8.04. The fourth-order valence-corrected chi connectivity index (χ4v) is 0.319. The van der Waals surface area contributed by atoms with Gasteiger partial charge in [-0.15, -0.1) is 0 Å². The van der Waals surface area contributed by atoms with E-state index in [0.29, 0.717) is 0 Å². The zero-order valence-electron chi connectivity index (χ0n) is 8.04. The highest BCUT2D eigenvalue weighted by atomic mass is 16.6. The lowest BCUT2D eigenvalue weighted by molar-refractivity contribution is -0.475. The Kier molecular flexibility index (Phi) is 11.1. The molecular formula is C9H17NO2. The summed E-state index contributed by atoms with van der Waals surface area (Å²) in [4.78, 5) is 8.80. The summed E-state index contributed by atoms with van der Waals surface area (Å²) in [7, 11) is 0. The molecule has 0 saturated carbocycles. The monoisotopic (exact) mass is 171 g/mol. The average Bonchev–Trinajstić information content (AvgIpc) is 2.06. The van der Waals surface area contributed by atoms with Gasteiger partial charge in [0.25, 0.3) is 0 Å². The third kappa shape index (κ3) is 15.9. The topological polar surface area (TPSA) is 43.1 Å². The van der Waals surface area contributed by atoms with Gasteiger partial charge in [0.05, 0.1) is 0 Å². The van der Waals surface area contributed by atoms with Crippen LogP contribution >= 0.6 is 0 Å². The van der Waals surface area contributed by atoms with E-state index in [1.807, 2.05) is 12.2 Å². The van der Waals surface area contributed by atoms with Crippen LogP contribution in [0.3, 0.4) is 0 Å². The van der Waals surface area contributed by atoms with E-state index in [9.17, 15) is 10.1 Å². The van der Waals surface area contributed by atoms with Gasteiger partial charge < -0.3 is 0 Å². The number of hydrogen-bond acceptors (Lipinski definition) is 2. The first-order valence-electron chi connectivity index (χ1n) is 3.98. The smallest absolute Gasteiger partial charge is 0.201 e. The molecular weight excluding hydrogens is 154 g/mol. The molecule has 0 atom stereocenters. The van der Waals surface area contributed by atoms with Crippen molar-refractivity contribution in [2.75, 3.05) is 6.54 Å². The molecule has 0 aliphatic carbocycles. The molecule has 12 heavy (non-hydrogen) atoms. The largest absolute Gasteiger partial charge is 0.265 e. The van der Waals surface area contributed by atoms with Crippen molar-refractivity contribution in [3.63, 3.8) is 0 Å². The standard InChI is InChI=1S/C7H12.C2H5NO2/c1-4-6-7(3)5-2;1-2-3(4)5/h4,6H,1,5H2,2-3H3;2H2,1H3/b7-6-;. The van der Waals surface area contributed by atoms with Gasteiger partial charge >= 0.3 is 0 Å². The molecule has 0 unspecified atom stereocenters. The number of hydrogen-bond donors (Lipinski definition) is 0. The molecule has 3 nitrogen and oxygen atoms in total. The van der Waals surface area contributed by atoms with Crippen LogP contribution in [0.5, 0.6) is 0 Å². The summed E-state index contributed by atoms with van der Waals surface area (Å²) < 4.78 is 0. The Labute approximate surface area is 73.9 Å². The van der Waals surface area contributed by atoms with Crippen molar-refractivity contribution in [1.29, 1.82) is 0 Å². The molecule has 0 N–H and O–H groups in total. The van der Waals surface area contributed by atoms with Crippen LogP contribution in [-0.2, 0) is 0 Å². The summed E-state index contributed by atoms with van der Waals surface area (Å²) in [5, 5.41) is 9.17. The predicted octanol–water partition coefficient (Wildman–Crippen LogP) is 2.81. The van der Waals surface area contributed by atoms with Gasteiger partial charge in [-0.3, -0.25) is 10.1 Å². The van der Waals surface area contributed by atoms with Gasteiger partial charge in [0.15, 0.2) is 0 Å². The molecule has 3 heteroatoms. The molecule has 0 fully saturated rings. The van der Waals surface area contributed by atoms with Gasteiger partial charge in [-0.25, -0.2) is 0 Å². The Morgan fingerprint density at radius 2 is 2.00 bits per heavy atom. The zero-order chi connectivity index (χ0) is 9.98. The van der Waals surface area contributed by atoms with Crippen molar-refractivity contribution < 1.29 is 4.92 Å². The molecule has 0 saturated heterocycles. The van der Waals surface area contributed by atoms with Crippen molar-refractivity contribution in [1.82, 2.24) is 0 Å². The Bertz CT molecular complexity index is 162. The van der Waals surface area contributed by atoms with E-state index < -0.39 is 0 Å². The summed E-state index contributed by atoms with van der Waals surface area (Å²) in [6, 6.07) is 0. The van der Waals surface area contributed by atoms with Crippen LogP contribution in [0.4, 0.5) is 0 Å². The van der Waals surface area contributed by atoms with E-state index in [4.69, 9.17) is 0 Å². The highest BCUT2D eigenvalue weighted by Gasteiger charge is 1.77. The lowest BCUT2D eigenvalue weighted by atomic mass is 10.2. The molecule has 0 aliphatic heterocycles. The normalized spacial score (nSPS) is 9.75. The number of nitrogens with zero attached hydrogens (tertiary/aromatic N) is 1. The third-order valence-electron chi connectivity index (χ3n) is 1.22. The minimum Gasteiger partial charge on any atom is -0.265 e. The van der Waals surface area contributed by atoms with Crippen LogP contribution in [-0.4, -0.2) is 11.5 Å². The second-order valence-corrected chi connectivity index (χ2v) is 2.25. The van der Waals surface area contributed by atoms with Crippen molar-refractivity contribution in [3.05, 3.63) is 34.4 Å². The van der Waals surface area contributed by atoms with Crippen LogP contribution in [0.25, 0.3) is 0 Å². The molecule has 0 radical (unpaired) electrons. The maximum absolute atomic E-state index is 9.17. The van der Waals surface area contributed by atoms with Gasteiger partial charge in [0, 0.05) is 11.8 Å². The fourth-order valence-electron chi connectivity index (χ4n) is 0.319. The Morgan fingerprint density at radius 1 is 1.58 bits per heavy atom. The van der Waals surface area contributed by atoms with Crippen LogP contribution in [0.15, 0.2) is 24.3 Å². The van der Waals surface area contributed by atoms with Crippen molar-refractivity contribution >= 4 is 0 Å². The summed E-state index contributed by atoms with van der Waals surface area (Å²) in [6.45, 7) is 9.33. The Hall–Kier alpha value is -1.12. The summed E-state index contributed by atoms with van der Waals surface area (Å²) in [5.74, 6) is 0. The van der Waals surface area contributed by atoms with E-state index in [1.165, 1.54) is 12.5 Å². The summed E-state index contributed by atoms with van der Waals surface area (Å²) in [5.41, 5.74) is 1.38. The summed E-state index contributed by atoms with van der Waals surface area (Å²) >= 11 is 0. The van der Waals surface area contributed by atoms with Crippen molar-refractivity contribution in [2.45, 2.75) is 27.2 Å². The van der Waals surface area contributed by atoms with Crippen LogP contribution in [0.2, 0.25) is 0 Å². The third-order valence-corrected chi connectivity index (χ3v) is 1.22. The fraction of sp³-hybridized carbons (Fsp3) is 0.556. The molecule has 0 aromatic rings. The van der Waals surface area contributed by atoms with E-state index >= 15 is 0 Å². The first-order chi connectivity index (χ1) is 5.58. The minimum absolute atomic E-state index is 0.0278. The van der Waals surface area contributed by atoms with E-state index in [1.54, 1.807) is 0 Å². The lowest BCUT2D eigenvalue weighted by Gasteiger charge is -1.86. The molecule has 70 valence electrons. The van der Waals surface area contributed by atoms with Gasteiger partial charge in [-0.05, 0) is 13.3 Å². The van der Waals surface area contributed by atoms with E-state index in [2.05, 4.69) is 20.4 Å². The van der Waals surface area contributed by atoms with Gasteiger partial charge in [-0.1, -0.05) is 31.2 Å². The molecule has 0 aromatic carbocycles. The second kappa shape index (κ2) is 9.88. The van der Waals surface area contributed by atoms with Crippen molar-refractivity contribution in [3.8, 4) is 0 Å². The molecule has 0 aliphatic rings. The first kappa shape index (κ1) is 13.5. The number of rotatable bonds is 3. The average molecular weight is 171 g/mol. The molecule has 0 amide bonds. The van der Waals surface area contributed by atoms with Crippen LogP contribution in [0.1, 0.15) is 27.2 Å². The highest BCUT2D eigenvalue weighted by molar-refractivity contribution is 5.06. The molecule has 0 rings (SSSR count). The van der Waals surface area contributed by atoms with Gasteiger partial charge in [0.1, 0.15) is 0 Å². The highest BCUT2D eigenvalue weighted by Crippen LogP contribution is 1.95. The molecule has 0 spiro atoms.